The van der Waals surface area contributed by atoms with Crippen molar-refractivity contribution in [1.29, 1.82) is 0 Å². The normalized spacial score (nSPS) is 25.1. The fourth-order valence-corrected chi connectivity index (χ4v) is 3.36. The highest BCUT2D eigenvalue weighted by molar-refractivity contribution is 5.97. The number of hydrogen-bond donors (Lipinski definition) is 1. The van der Waals surface area contributed by atoms with E-state index >= 15 is 0 Å². The summed E-state index contributed by atoms with van der Waals surface area (Å²) < 4.78 is 11.7. The lowest BCUT2D eigenvalue weighted by Gasteiger charge is -2.38. The highest BCUT2D eigenvalue weighted by atomic mass is 16.5. The molecule has 0 unspecified atom stereocenters. The summed E-state index contributed by atoms with van der Waals surface area (Å²) in [5, 5.41) is 3.03. The molecule has 3 atom stereocenters. The maximum atomic E-state index is 12.9. The summed E-state index contributed by atoms with van der Waals surface area (Å²) in [6.45, 7) is 8.85. The second kappa shape index (κ2) is 8.52. The van der Waals surface area contributed by atoms with Gasteiger partial charge in [0.2, 0.25) is 0 Å². The molecule has 4 nitrogen and oxygen atoms in total. The minimum Gasteiger partial charge on any atom is -0.491 e. The quantitative estimate of drug-likeness (QED) is 0.780. The van der Waals surface area contributed by atoms with Crippen LogP contribution in [0.5, 0.6) is 5.75 Å². The van der Waals surface area contributed by atoms with Crippen molar-refractivity contribution >= 4 is 11.6 Å². The van der Waals surface area contributed by atoms with Crippen molar-refractivity contribution in [2.75, 3.05) is 11.9 Å². The average Bonchev–Trinajstić information content (AvgIpc) is 2.56. The summed E-state index contributed by atoms with van der Waals surface area (Å²) in [6.07, 6.45) is 4.96. The molecule has 1 aliphatic carbocycles. The fraction of sp³-hybridized carbons (Fsp3) is 0.650. The SMILES string of the molecule is CCO[C@@]1(C(=O)Nc2ccc(O[C@@H](C)CC)cc2)CCC[C@@H](C)C1. The summed E-state index contributed by atoms with van der Waals surface area (Å²) in [4.78, 5) is 12.9. The number of amides is 1. The van der Waals surface area contributed by atoms with E-state index in [0.717, 1.165) is 37.1 Å². The predicted molar refractivity (Wildman–Crippen MR) is 97.4 cm³/mol. The minimum absolute atomic E-state index is 0.0218. The second-order valence-corrected chi connectivity index (χ2v) is 6.94. The van der Waals surface area contributed by atoms with Gasteiger partial charge in [0.05, 0.1) is 6.10 Å². The molecule has 0 aromatic heterocycles. The van der Waals surface area contributed by atoms with Gasteiger partial charge in [-0.25, -0.2) is 0 Å². The first-order valence-corrected chi connectivity index (χ1v) is 9.21. The smallest absolute Gasteiger partial charge is 0.256 e. The third-order valence-electron chi connectivity index (χ3n) is 4.81. The minimum atomic E-state index is -0.682. The van der Waals surface area contributed by atoms with Gasteiger partial charge < -0.3 is 14.8 Å². The van der Waals surface area contributed by atoms with E-state index in [9.17, 15) is 4.79 Å². The van der Waals surface area contributed by atoms with Crippen LogP contribution in [0.3, 0.4) is 0 Å². The van der Waals surface area contributed by atoms with E-state index in [2.05, 4.69) is 19.2 Å². The molecule has 1 aliphatic rings. The summed E-state index contributed by atoms with van der Waals surface area (Å²) in [5.74, 6) is 1.32. The van der Waals surface area contributed by atoms with Crippen LogP contribution in [0.2, 0.25) is 0 Å². The number of hydrogen-bond acceptors (Lipinski definition) is 3. The molecular weight excluding hydrogens is 302 g/mol. The third kappa shape index (κ3) is 4.73. The zero-order valence-electron chi connectivity index (χ0n) is 15.4. The van der Waals surface area contributed by atoms with Gasteiger partial charge in [0.1, 0.15) is 11.4 Å². The number of carbonyl (C=O) groups excluding carboxylic acids is 1. The van der Waals surface area contributed by atoms with Gasteiger partial charge in [-0.05, 0) is 69.7 Å². The highest BCUT2D eigenvalue weighted by Crippen LogP contribution is 2.36. The fourth-order valence-electron chi connectivity index (χ4n) is 3.36. The molecule has 134 valence electrons. The summed E-state index contributed by atoms with van der Waals surface area (Å²) in [6, 6.07) is 7.58. The molecule has 0 aliphatic heterocycles. The molecule has 1 fully saturated rings. The molecular formula is C20H31NO3. The van der Waals surface area contributed by atoms with Crippen LogP contribution in [0.4, 0.5) is 5.69 Å². The first-order valence-electron chi connectivity index (χ1n) is 9.21. The molecule has 1 aromatic rings. The van der Waals surface area contributed by atoms with E-state index in [0.29, 0.717) is 12.5 Å². The Kier molecular flexibility index (Phi) is 6.67. The molecule has 1 aromatic carbocycles. The largest absolute Gasteiger partial charge is 0.491 e. The Bertz CT molecular complexity index is 524. The Morgan fingerprint density at radius 3 is 2.62 bits per heavy atom. The van der Waals surface area contributed by atoms with Crippen LogP contribution in [0, 0.1) is 5.92 Å². The monoisotopic (exact) mass is 333 g/mol. The Hall–Kier alpha value is -1.55. The van der Waals surface area contributed by atoms with Gasteiger partial charge in [-0.1, -0.05) is 20.3 Å². The van der Waals surface area contributed by atoms with Crippen molar-refractivity contribution in [3.8, 4) is 5.75 Å². The standard InChI is InChI=1S/C20H31NO3/c1-5-16(4)24-18-11-9-17(10-12-18)21-19(22)20(23-6-2)13-7-8-15(3)14-20/h9-12,15-16H,5-8,13-14H2,1-4H3,(H,21,22)/t15-,16+,20+/m1/s1. The predicted octanol–water partition coefficient (Wildman–Crippen LogP) is 4.79. The van der Waals surface area contributed by atoms with Gasteiger partial charge in [-0.2, -0.15) is 0 Å². The van der Waals surface area contributed by atoms with E-state index in [-0.39, 0.29) is 12.0 Å². The van der Waals surface area contributed by atoms with Crippen molar-refractivity contribution in [3.63, 3.8) is 0 Å². The molecule has 1 saturated carbocycles. The molecule has 0 heterocycles. The number of nitrogens with one attached hydrogen (secondary N) is 1. The molecule has 0 spiro atoms. The zero-order chi connectivity index (χ0) is 17.6. The molecule has 0 bridgehead atoms. The van der Waals surface area contributed by atoms with Crippen LogP contribution in [0.25, 0.3) is 0 Å². The number of rotatable bonds is 7. The lowest BCUT2D eigenvalue weighted by Crippen LogP contribution is -2.48. The Balaban J connectivity index is 2.04. The number of ether oxygens (including phenoxy) is 2. The molecule has 24 heavy (non-hydrogen) atoms. The number of benzene rings is 1. The molecule has 2 rings (SSSR count). The first kappa shape index (κ1) is 18.8. The van der Waals surface area contributed by atoms with E-state index in [1.807, 2.05) is 38.1 Å². The molecule has 0 saturated heterocycles. The second-order valence-electron chi connectivity index (χ2n) is 6.94. The Labute approximate surface area is 145 Å². The van der Waals surface area contributed by atoms with Gasteiger partial charge in [0, 0.05) is 12.3 Å². The number of carbonyl (C=O) groups is 1. The van der Waals surface area contributed by atoms with E-state index in [1.165, 1.54) is 6.42 Å². The van der Waals surface area contributed by atoms with Crippen molar-refractivity contribution in [3.05, 3.63) is 24.3 Å². The van der Waals surface area contributed by atoms with Gasteiger partial charge in [-0.3, -0.25) is 4.79 Å². The maximum absolute atomic E-state index is 12.9. The van der Waals surface area contributed by atoms with Gasteiger partial charge in [-0.15, -0.1) is 0 Å². The van der Waals surface area contributed by atoms with Crippen LogP contribution < -0.4 is 10.1 Å². The lowest BCUT2D eigenvalue weighted by molar-refractivity contribution is -0.147. The van der Waals surface area contributed by atoms with Gasteiger partial charge >= 0.3 is 0 Å². The molecule has 1 amide bonds. The van der Waals surface area contributed by atoms with Crippen molar-refractivity contribution < 1.29 is 14.3 Å². The molecule has 0 radical (unpaired) electrons. The zero-order valence-corrected chi connectivity index (χ0v) is 15.4. The number of anilines is 1. The molecule has 4 heteroatoms. The topological polar surface area (TPSA) is 47.6 Å². The van der Waals surface area contributed by atoms with Crippen molar-refractivity contribution in [2.24, 2.45) is 5.92 Å². The van der Waals surface area contributed by atoms with E-state index in [1.54, 1.807) is 0 Å². The maximum Gasteiger partial charge on any atom is 0.256 e. The van der Waals surface area contributed by atoms with Crippen molar-refractivity contribution in [2.45, 2.75) is 71.5 Å². The van der Waals surface area contributed by atoms with Crippen LogP contribution in [0.15, 0.2) is 24.3 Å². The highest BCUT2D eigenvalue weighted by Gasteiger charge is 2.42. The van der Waals surface area contributed by atoms with Crippen LogP contribution >= 0.6 is 0 Å². The first-order chi connectivity index (χ1) is 11.5. The van der Waals surface area contributed by atoms with E-state index < -0.39 is 5.60 Å². The van der Waals surface area contributed by atoms with Crippen LogP contribution in [-0.4, -0.2) is 24.2 Å². The summed E-state index contributed by atoms with van der Waals surface area (Å²) in [7, 11) is 0. The van der Waals surface area contributed by atoms with Crippen molar-refractivity contribution in [1.82, 2.24) is 0 Å². The summed E-state index contributed by atoms with van der Waals surface area (Å²) in [5.41, 5.74) is 0.104. The average molecular weight is 333 g/mol. The van der Waals surface area contributed by atoms with E-state index in [4.69, 9.17) is 9.47 Å². The lowest BCUT2D eigenvalue weighted by atomic mass is 9.78. The summed E-state index contributed by atoms with van der Waals surface area (Å²) >= 11 is 0. The third-order valence-corrected chi connectivity index (χ3v) is 4.81. The van der Waals surface area contributed by atoms with Gasteiger partial charge in [0.25, 0.3) is 5.91 Å². The Morgan fingerprint density at radius 1 is 1.33 bits per heavy atom. The Morgan fingerprint density at radius 2 is 2.04 bits per heavy atom. The van der Waals surface area contributed by atoms with Gasteiger partial charge in [0.15, 0.2) is 0 Å². The van der Waals surface area contributed by atoms with Crippen LogP contribution in [-0.2, 0) is 9.53 Å². The van der Waals surface area contributed by atoms with Crippen LogP contribution in [0.1, 0.15) is 59.8 Å². The molecule has 1 N–H and O–H groups in total.